The van der Waals surface area contributed by atoms with Crippen molar-refractivity contribution in [2.45, 2.75) is 46.0 Å². The van der Waals surface area contributed by atoms with Crippen LogP contribution in [0.5, 0.6) is 0 Å². The fourth-order valence-electron chi connectivity index (χ4n) is 4.60. The van der Waals surface area contributed by atoms with Gasteiger partial charge in [0.25, 0.3) is 0 Å². The molecule has 0 nitrogen and oxygen atoms in total. The van der Waals surface area contributed by atoms with Gasteiger partial charge in [0.05, 0.1) is 0 Å². The van der Waals surface area contributed by atoms with E-state index in [1.165, 1.54) is 38.6 Å². The van der Waals surface area contributed by atoms with Crippen molar-refractivity contribution in [2.75, 3.05) is 0 Å². The molecule has 116 valence electrons. The Balaban J connectivity index is 2.16. The third-order valence-corrected chi connectivity index (χ3v) is 5.84. The van der Waals surface area contributed by atoms with Gasteiger partial charge in [0.2, 0.25) is 0 Å². The van der Waals surface area contributed by atoms with E-state index >= 15 is 0 Å². The van der Waals surface area contributed by atoms with Crippen molar-refractivity contribution in [3.05, 3.63) is 70.8 Å². The minimum absolute atomic E-state index is 0.158. The summed E-state index contributed by atoms with van der Waals surface area (Å²) in [5.41, 5.74) is 8.83. The molecule has 0 amide bonds. The normalized spacial score (nSPS) is 14.8. The van der Waals surface area contributed by atoms with E-state index in [0.29, 0.717) is 0 Å². The highest BCUT2D eigenvalue weighted by Crippen LogP contribution is 2.55. The van der Waals surface area contributed by atoms with Crippen molar-refractivity contribution in [2.24, 2.45) is 0 Å². The van der Waals surface area contributed by atoms with Gasteiger partial charge < -0.3 is 0 Å². The van der Waals surface area contributed by atoms with Crippen LogP contribution in [0.15, 0.2) is 48.5 Å². The van der Waals surface area contributed by atoms with Gasteiger partial charge >= 0.3 is 0 Å². The lowest BCUT2D eigenvalue weighted by Gasteiger charge is -2.31. The molecule has 3 aromatic rings. The molecule has 0 aliphatic heterocycles. The third-order valence-electron chi connectivity index (χ3n) is 5.84. The van der Waals surface area contributed by atoms with Crippen molar-refractivity contribution in [1.29, 1.82) is 0 Å². The van der Waals surface area contributed by atoms with E-state index in [2.05, 4.69) is 76.2 Å². The number of aryl methyl sites for hydroxylation is 2. The topological polar surface area (TPSA) is 0 Å². The SMILES string of the molecule is CCC1(CC)c2cc(C)ccc2-c2ccc3cc(C)ccc3c21. The van der Waals surface area contributed by atoms with Gasteiger partial charge in [0.15, 0.2) is 0 Å². The number of benzene rings is 3. The minimum Gasteiger partial charge on any atom is -0.0642 e. The lowest BCUT2D eigenvalue weighted by Crippen LogP contribution is -2.23. The molecule has 0 fully saturated rings. The van der Waals surface area contributed by atoms with Gasteiger partial charge in [-0.1, -0.05) is 73.5 Å². The Kier molecular flexibility index (Phi) is 3.13. The van der Waals surface area contributed by atoms with Gasteiger partial charge in [-0.25, -0.2) is 0 Å². The average Bonchev–Trinajstić information content (AvgIpc) is 2.84. The van der Waals surface area contributed by atoms with Crippen LogP contribution in [0.1, 0.15) is 48.9 Å². The summed E-state index contributed by atoms with van der Waals surface area (Å²) < 4.78 is 0. The van der Waals surface area contributed by atoms with E-state index in [-0.39, 0.29) is 5.41 Å². The Hall–Kier alpha value is -2.08. The van der Waals surface area contributed by atoms with Crippen LogP contribution in [-0.4, -0.2) is 0 Å². The Bertz CT molecular complexity index is 911. The number of fused-ring (bicyclic) bond motifs is 5. The highest BCUT2D eigenvalue weighted by molar-refractivity contribution is 5.97. The maximum absolute atomic E-state index is 2.42. The number of hydrogen-bond donors (Lipinski definition) is 0. The van der Waals surface area contributed by atoms with Crippen LogP contribution >= 0.6 is 0 Å². The van der Waals surface area contributed by atoms with Gasteiger partial charge in [0, 0.05) is 5.41 Å². The second kappa shape index (κ2) is 4.96. The Labute approximate surface area is 139 Å². The van der Waals surface area contributed by atoms with E-state index in [0.717, 1.165) is 12.8 Å². The summed E-state index contributed by atoms with van der Waals surface area (Å²) in [6.45, 7) is 9.08. The van der Waals surface area contributed by atoms with Crippen LogP contribution in [0.4, 0.5) is 0 Å². The zero-order valence-electron chi connectivity index (χ0n) is 14.5. The monoisotopic (exact) mass is 300 g/mol. The lowest BCUT2D eigenvalue weighted by molar-refractivity contribution is 0.494. The van der Waals surface area contributed by atoms with Crippen molar-refractivity contribution in [3.8, 4) is 11.1 Å². The van der Waals surface area contributed by atoms with Crippen molar-refractivity contribution < 1.29 is 0 Å². The molecule has 0 saturated carbocycles. The summed E-state index contributed by atoms with van der Waals surface area (Å²) in [7, 11) is 0. The van der Waals surface area contributed by atoms with Gasteiger partial charge in [0.1, 0.15) is 0 Å². The molecule has 0 heteroatoms. The van der Waals surface area contributed by atoms with Crippen LogP contribution in [0.3, 0.4) is 0 Å². The van der Waals surface area contributed by atoms with Crippen LogP contribution in [0, 0.1) is 13.8 Å². The molecule has 0 aromatic heterocycles. The van der Waals surface area contributed by atoms with Crippen LogP contribution in [0.2, 0.25) is 0 Å². The summed E-state index contributed by atoms with van der Waals surface area (Å²) in [6.07, 6.45) is 2.31. The molecule has 1 aliphatic carbocycles. The van der Waals surface area contributed by atoms with E-state index in [4.69, 9.17) is 0 Å². The molecule has 0 heterocycles. The second-order valence-electron chi connectivity index (χ2n) is 7.05. The zero-order chi connectivity index (χ0) is 16.2. The first-order valence-electron chi connectivity index (χ1n) is 8.76. The van der Waals surface area contributed by atoms with Gasteiger partial charge in [-0.15, -0.1) is 0 Å². The van der Waals surface area contributed by atoms with E-state index < -0.39 is 0 Å². The molecule has 4 rings (SSSR count). The molecule has 0 atom stereocenters. The maximum Gasteiger partial charge on any atom is 0.0216 e. The van der Waals surface area contributed by atoms with Crippen LogP contribution < -0.4 is 0 Å². The van der Waals surface area contributed by atoms with Gasteiger partial charge in [-0.05, 0) is 59.7 Å². The molecule has 0 spiro atoms. The van der Waals surface area contributed by atoms with Crippen molar-refractivity contribution in [1.82, 2.24) is 0 Å². The quantitative estimate of drug-likeness (QED) is 0.504. The fourth-order valence-corrected chi connectivity index (χ4v) is 4.60. The summed E-state index contributed by atoms with van der Waals surface area (Å²) >= 11 is 0. The predicted molar refractivity (Wildman–Crippen MR) is 100 cm³/mol. The average molecular weight is 300 g/mol. The molecule has 0 saturated heterocycles. The molecule has 3 aromatic carbocycles. The summed E-state index contributed by atoms with van der Waals surface area (Å²) in [6, 6.07) is 18.6. The smallest absolute Gasteiger partial charge is 0.0216 e. The first-order valence-corrected chi connectivity index (χ1v) is 8.76. The third kappa shape index (κ3) is 1.84. The molecule has 1 aliphatic rings. The molecule has 0 bridgehead atoms. The zero-order valence-corrected chi connectivity index (χ0v) is 14.5. The number of rotatable bonds is 2. The summed E-state index contributed by atoms with van der Waals surface area (Å²) in [4.78, 5) is 0. The fraction of sp³-hybridized carbons (Fsp3) is 0.304. The highest BCUT2D eigenvalue weighted by atomic mass is 14.4. The molecular weight excluding hydrogens is 276 g/mol. The first-order chi connectivity index (χ1) is 11.1. The summed E-state index contributed by atoms with van der Waals surface area (Å²) in [5, 5.41) is 2.81. The summed E-state index contributed by atoms with van der Waals surface area (Å²) in [5.74, 6) is 0. The van der Waals surface area contributed by atoms with E-state index in [1.807, 2.05) is 0 Å². The minimum atomic E-state index is 0.158. The van der Waals surface area contributed by atoms with E-state index in [9.17, 15) is 0 Å². The van der Waals surface area contributed by atoms with E-state index in [1.54, 1.807) is 5.56 Å². The number of hydrogen-bond acceptors (Lipinski definition) is 0. The Morgan fingerprint density at radius 3 is 2.13 bits per heavy atom. The van der Waals surface area contributed by atoms with Crippen molar-refractivity contribution in [3.63, 3.8) is 0 Å². The standard InChI is InChI=1S/C23H24/c1-5-23(6-2)21-14-16(4)8-11-19(21)20-12-9-17-13-15(3)7-10-18(17)22(20)23/h7-14H,5-6H2,1-4H3. The second-order valence-corrected chi connectivity index (χ2v) is 7.05. The van der Waals surface area contributed by atoms with Gasteiger partial charge in [-0.3, -0.25) is 0 Å². The first kappa shape index (κ1) is 14.5. The predicted octanol–water partition coefficient (Wildman–Crippen LogP) is 6.54. The lowest BCUT2D eigenvalue weighted by atomic mass is 9.72. The molecule has 23 heavy (non-hydrogen) atoms. The Morgan fingerprint density at radius 2 is 1.39 bits per heavy atom. The molecular formula is C23H24. The van der Waals surface area contributed by atoms with Gasteiger partial charge in [-0.2, -0.15) is 0 Å². The maximum atomic E-state index is 2.42. The van der Waals surface area contributed by atoms with Crippen molar-refractivity contribution >= 4 is 10.8 Å². The highest BCUT2D eigenvalue weighted by Gasteiger charge is 2.41. The molecule has 0 N–H and O–H groups in total. The van der Waals surface area contributed by atoms with Crippen LogP contribution in [-0.2, 0) is 5.41 Å². The van der Waals surface area contributed by atoms with Crippen LogP contribution in [0.25, 0.3) is 21.9 Å². The Morgan fingerprint density at radius 1 is 0.739 bits per heavy atom. The molecule has 0 unspecified atom stereocenters. The largest absolute Gasteiger partial charge is 0.0642 e. The molecule has 0 radical (unpaired) electrons.